The topological polar surface area (TPSA) is 53.5 Å². The van der Waals surface area contributed by atoms with E-state index >= 15 is 0 Å². The summed E-state index contributed by atoms with van der Waals surface area (Å²) in [6.45, 7) is 5.97. The second-order valence-corrected chi connectivity index (χ2v) is 8.03. The molecule has 2 saturated heterocycles. The summed E-state index contributed by atoms with van der Waals surface area (Å²) >= 11 is 0. The van der Waals surface area contributed by atoms with Gasteiger partial charge in [0, 0.05) is 25.7 Å². The van der Waals surface area contributed by atoms with Gasteiger partial charge in [0.05, 0.1) is 24.2 Å². The zero-order valence-corrected chi connectivity index (χ0v) is 16.6. The number of pyridine rings is 1. The Kier molecular flexibility index (Phi) is 5.16. The van der Waals surface area contributed by atoms with Crippen molar-refractivity contribution in [2.45, 2.75) is 45.7 Å². The highest BCUT2D eigenvalue weighted by atomic mass is 16.2. The van der Waals surface area contributed by atoms with Crippen LogP contribution in [0, 0.1) is 19.8 Å². The lowest BCUT2D eigenvalue weighted by molar-refractivity contribution is -0.136. The minimum Gasteiger partial charge on any atom is -0.336 e. The van der Waals surface area contributed by atoms with Gasteiger partial charge in [-0.1, -0.05) is 24.3 Å². The summed E-state index contributed by atoms with van der Waals surface area (Å²) in [5, 5.41) is 0. The van der Waals surface area contributed by atoms with Gasteiger partial charge in [-0.15, -0.1) is 0 Å². The van der Waals surface area contributed by atoms with Gasteiger partial charge in [0.25, 0.3) is 0 Å². The molecule has 146 valence electrons. The third kappa shape index (κ3) is 3.66. The van der Waals surface area contributed by atoms with Gasteiger partial charge in [-0.2, -0.15) is 0 Å². The van der Waals surface area contributed by atoms with Crippen LogP contribution in [0.25, 0.3) is 0 Å². The second kappa shape index (κ2) is 7.74. The minimum absolute atomic E-state index is 0.0472. The maximum absolute atomic E-state index is 13.3. The fourth-order valence-electron chi connectivity index (χ4n) is 4.36. The summed E-state index contributed by atoms with van der Waals surface area (Å²) in [6.07, 6.45) is 4.05. The summed E-state index contributed by atoms with van der Waals surface area (Å²) in [5.41, 5.74) is 4.60. The molecule has 2 aromatic rings. The van der Waals surface area contributed by atoms with Crippen molar-refractivity contribution in [1.29, 1.82) is 0 Å². The molecule has 2 fully saturated rings. The highest BCUT2D eigenvalue weighted by Crippen LogP contribution is 2.35. The standard InChI is InChI=1S/C23H27N3O2/c1-16-8-9-18(12-17(16)2)21-7-5-11-26(21)23(28)19-13-22(27)25(14-19)15-20-6-3-4-10-24-20/h3-4,6,8-10,12,19,21H,5,7,11,13-15H2,1-2H3/t19-,21+/m0/s1. The molecule has 5 nitrogen and oxygen atoms in total. The molecule has 0 unspecified atom stereocenters. The molecule has 0 spiro atoms. The Bertz CT molecular complexity index is 881. The van der Waals surface area contributed by atoms with Gasteiger partial charge < -0.3 is 9.80 Å². The zero-order valence-electron chi connectivity index (χ0n) is 16.6. The Morgan fingerprint density at radius 1 is 1.18 bits per heavy atom. The van der Waals surface area contributed by atoms with E-state index in [9.17, 15) is 9.59 Å². The smallest absolute Gasteiger partial charge is 0.228 e. The third-order valence-electron chi connectivity index (χ3n) is 6.09. The first-order valence-electron chi connectivity index (χ1n) is 10.1. The van der Waals surface area contributed by atoms with Crippen LogP contribution in [0.3, 0.4) is 0 Å². The van der Waals surface area contributed by atoms with Crippen LogP contribution >= 0.6 is 0 Å². The van der Waals surface area contributed by atoms with E-state index in [1.807, 2.05) is 23.1 Å². The molecule has 1 aromatic carbocycles. The van der Waals surface area contributed by atoms with Crippen molar-refractivity contribution < 1.29 is 9.59 Å². The van der Waals surface area contributed by atoms with Crippen molar-refractivity contribution in [3.63, 3.8) is 0 Å². The van der Waals surface area contributed by atoms with E-state index in [0.717, 1.165) is 25.1 Å². The number of carbonyl (C=O) groups is 2. The molecule has 0 N–H and O–H groups in total. The summed E-state index contributed by atoms with van der Waals surface area (Å²) in [7, 11) is 0. The summed E-state index contributed by atoms with van der Waals surface area (Å²) in [4.78, 5) is 33.8. The zero-order chi connectivity index (χ0) is 19.7. The van der Waals surface area contributed by atoms with Crippen molar-refractivity contribution in [3.8, 4) is 0 Å². The SMILES string of the molecule is Cc1ccc([C@H]2CCCN2C(=O)[C@H]2CC(=O)N(Cc3ccccn3)C2)cc1C. The van der Waals surface area contributed by atoms with Crippen LogP contribution in [0.4, 0.5) is 0 Å². The molecule has 2 atom stereocenters. The van der Waals surface area contributed by atoms with Crippen LogP contribution in [0.15, 0.2) is 42.6 Å². The maximum Gasteiger partial charge on any atom is 0.228 e. The van der Waals surface area contributed by atoms with Crippen LogP contribution in [-0.4, -0.2) is 39.7 Å². The molecule has 2 amide bonds. The first-order valence-corrected chi connectivity index (χ1v) is 10.1. The first kappa shape index (κ1) is 18.7. The van der Waals surface area contributed by atoms with Gasteiger partial charge in [0.2, 0.25) is 11.8 Å². The van der Waals surface area contributed by atoms with Crippen molar-refractivity contribution in [3.05, 3.63) is 65.0 Å². The lowest BCUT2D eigenvalue weighted by atomic mass is 9.98. The molecular weight excluding hydrogens is 350 g/mol. The Labute approximate surface area is 166 Å². The number of likely N-dealkylation sites (tertiary alicyclic amines) is 2. The van der Waals surface area contributed by atoms with Crippen LogP contribution in [0.1, 0.15) is 47.7 Å². The van der Waals surface area contributed by atoms with Crippen LogP contribution < -0.4 is 0 Å². The number of aryl methyl sites for hydroxylation is 2. The maximum atomic E-state index is 13.3. The van der Waals surface area contributed by atoms with Crippen molar-refractivity contribution >= 4 is 11.8 Å². The Balaban J connectivity index is 1.46. The Morgan fingerprint density at radius 2 is 2.04 bits per heavy atom. The minimum atomic E-state index is -0.247. The monoisotopic (exact) mass is 377 g/mol. The molecule has 3 heterocycles. The highest BCUT2D eigenvalue weighted by molar-refractivity contribution is 5.89. The molecule has 0 radical (unpaired) electrons. The van der Waals surface area contributed by atoms with Gasteiger partial charge in [-0.25, -0.2) is 0 Å². The molecule has 0 bridgehead atoms. The van der Waals surface area contributed by atoms with Gasteiger partial charge in [-0.05, 0) is 55.5 Å². The summed E-state index contributed by atoms with van der Waals surface area (Å²) < 4.78 is 0. The Hall–Kier alpha value is -2.69. The number of carbonyl (C=O) groups excluding carboxylic acids is 2. The van der Waals surface area contributed by atoms with E-state index in [2.05, 4.69) is 37.0 Å². The molecule has 2 aliphatic heterocycles. The number of nitrogens with zero attached hydrogens (tertiary/aromatic N) is 3. The van der Waals surface area contributed by atoms with E-state index in [4.69, 9.17) is 0 Å². The quantitative estimate of drug-likeness (QED) is 0.820. The molecule has 0 saturated carbocycles. The lowest BCUT2D eigenvalue weighted by Crippen LogP contribution is -2.37. The highest BCUT2D eigenvalue weighted by Gasteiger charge is 2.40. The van der Waals surface area contributed by atoms with E-state index in [1.165, 1.54) is 16.7 Å². The third-order valence-corrected chi connectivity index (χ3v) is 6.09. The molecule has 0 aliphatic carbocycles. The van der Waals surface area contributed by atoms with E-state index in [1.54, 1.807) is 11.1 Å². The van der Waals surface area contributed by atoms with Crippen LogP contribution in [0.5, 0.6) is 0 Å². The number of rotatable bonds is 4. The number of hydrogen-bond donors (Lipinski definition) is 0. The van der Waals surface area contributed by atoms with Crippen molar-refractivity contribution in [2.75, 3.05) is 13.1 Å². The van der Waals surface area contributed by atoms with Gasteiger partial charge in [0.15, 0.2) is 0 Å². The molecule has 1 aromatic heterocycles. The lowest BCUT2D eigenvalue weighted by Gasteiger charge is -2.28. The molecule has 5 heteroatoms. The summed E-state index contributed by atoms with van der Waals surface area (Å²) in [6, 6.07) is 12.3. The van der Waals surface area contributed by atoms with E-state index in [0.29, 0.717) is 19.5 Å². The van der Waals surface area contributed by atoms with Crippen molar-refractivity contribution in [1.82, 2.24) is 14.8 Å². The summed E-state index contributed by atoms with van der Waals surface area (Å²) in [5.74, 6) is -0.0770. The van der Waals surface area contributed by atoms with Crippen LogP contribution in [-0.2, 0) is 16.1 Å². The normalized spacial score (nSPS) is 22.1. The average molecular weight is 377 g/mol. The molecular formula is C23H27N3O2. The molecule has 4 rings (SSSR count). The first-order chi connectivity index (χ1) is 13.5. The number of aromatic nitrogens is 1. The fraction of sp³-hybridized carbons (Fsp3) is 0.435. The van der Waals surface area contributed by atoms with Gasteiger partial charge in [0.1, 0.15) is 0 Å². The van der Waals surface area contributed by atoms with Crippen molar-refractivity contribution in [2.24, 2.45) is 5.92 Å². The van der Waals surface area contributed by atoms with E-state index in [-0.39, 0.29) is 23.8 Å². The predicted molar refractivity (Wildman–Crippen MR) is 107 cm³/mol. The second-order valence-electron chi connectivity index (χ2n) is 8.03. The molecule has 2 aliphatic rings. The Morgan fingerprint density at radius 3 is 2.79 bits per heavy atom. The van der Waals surface area contributed by atoms with Gasteiger partial charge in [-0.3, -0.25) is 14.6 Å². The fourth-order valence-corrected chi connectivity index (χ4v) is 4.36. The van der Waals surface area contributed by atoms with E-state index < -0.39 is 0 Å². The number of hydrogen-bond acceptors (Lipinski definition) is 3. The van der Waals surface area contributed by atoms with Gasteiger partial charge >= 0.3 is 0 Å². The average Bonchev–Trinajstić information content (AvgIpc) is 3.32. The number of benzene rings is 1. The van der Waals surface area contributed by atoms with Crippen LogP contribution in [0.2, 0.25) is 0 Å². The largest absolute Gasteiger partial charge is 0.336 e. The number of amides is 2. The predicted octanol–water partition coefficient (Wildman–Crippen LogP) is 3.41. The molecule has 28 heavy (non-hydrogen) atoms.